The van der Waals surface area contributed by atoms with E-state index in [0.29, 0.717) is 25.3 Å². The van der Waals surface area contributed by atoms with Crippen LogP contribution in [0.5, 0.6) is 0 Å². The molecule has 1 aliphatic rings. The van der Waals surface area contributed by atoms with E-state index in [9.17, 15) is 28.0 Å². The number of unbranched alkanes of at least 4 members (excludes halogenated alkanes) is 11. The molecule has 0 aromatic rings. The number of rotatable bonds is 20. The van der Waals surface area contributed by atoms with Crippen LogP contribution in [0.3, 0.4) is 0 Å². The predicted octanol–water partition coefficient (Wildman–Crippen LogP) is -0.222. The van der Waals surface area contributed by atoms with Crippen molar-refractivity contribution in [3.63, 3.8) is 0 Å². The molecule has 2 N–H and O–H groups in total. The molecule has 0 saturated heterocycles. The fraction of sp³-hybridized carbons (Fsp3) is 0.913. The van der Waals surface area contributed by atoms with Gasteiger partial charge in [-0.05, 0) is 6.42 Å². The molecule has 0 aromatic heterocycles. The van der Waals surface area contributed by atoms with Crippen molar-refractivity contribution < 1.29 is 62.0 Å². The number of hydrogen-bond acceptors (Lipinski definition) is 7. The molecule has 0 amide bonds. The summed E-state index contributed by atoms with van der Waals surface area (Å²) in [4.78, 5) is 17.1. The molecule has 1 aliphatic heterocycles. The van der Waals surface area contributed by atoms with Crippen molar-refractivity contribution >= 4 is 21.7 Å². The first kappa shape index (κ1) is 33.1. The summed E-state index contributed by atoms with van der Waals surface area (Å²) >= 11 is 0. The van der Waals surface area contributed by atoms with Crippen LogP contribution in [0.25, 0.3) is 0 Å². The van der Waals surface area contributed by atoms with Crippen molar-refractivity contribution in [3.8, 4) is 0 Å². The molecule has 8 nitrogen and oxygen atoms in total. The topological polar surface area (TPSA) is 127 Å². The first-order chi connectivity index (χ1) is 15.2. The number of aliphatic imine (C=N–C) groups is 1. The molecule has 33 heavy (non-hydrogen) atoms. The molecule has 1 rings (SSSR count). The van der Waals surface area contributed by atoms with E-state index < -0.39 is 22.0 Å². The number of quaternary nitrogens is 1. The molecule has 2 atom stereocenters. The number of aliphatic hydroxyl groups excluding tert-OH is 2. The van der Waals surface area contributed by atoms with Crippen LogP contribution in [0.15, 0.2) is 4.99 Å². The molecule has 0 aliphatic carbocycles. The van der Waals surface area contributed by atoms with E-state index in [-0.39, 0.29) is 59.5 Å². The van der Waals surface area contributed by atoms with Gasteiger partial charge in [-0.3, -0.25) is 9.28 Å². The minimum atomic E-state index is -4.58. The molecular formula is C23H44N2NaO6S+. The Bertz CT molecular complexity index is 674. The summed E-state index contributed by atoms with van der Waals surface area (Å²) in [5, 5.41) is 19.6. The van der Waals surface area contributed by atoms with Crippen LogP contribution < -0.4 is 29.6 Å². The molecule has 0 aromatic carbocycles. The standard InChI is InChI=1S/C23H44N2O6S.Na/c1-2-3-4-5-6-7-8-9-10-11-12-13-14-22(28)23-24-15-16-25(23,17-18-26)19-21(27)20-32(29,30)31;/h21,26-27H,2-20H2,1H3;/q;+1. The molecule has 0 fully saturated rings. The first-order valence-corrected chi connectivity index (χ1v) is 14.0. The largest absolute Gasteiger partial charge is 1.00 e. The second-order valence-electron chi connectivity index (χ2n) is 9.14. The van der Waals surface area contributed by atoms with Gasteiger partial charge >= 0.3 is 29.6 Å². The number of aliphatic hydroxyl groups is 2. The Morgan fingerprint density at radius 3 is 2.03 bits per heavy atom. The number of carbonyl (C=O) groups is 1. The number of Topliss-reactive ketones (excluding diaryl/α,β-unsaturated/α-hetero) is 1. The van der Waals surface area contributed by atoms with Crippen LogP contribution in [-0.4, -0.2) is 83.9 Å². The second kappa shape index (κ2) is 18.4. The van der Waals surface area contributed by atoms with Gasteiger partial charge in [-0.2, -0.15) is 0 Å². The minimum absolute atomic E-state index is 0. The van der Waals surface area contributed by atoms with Crippen LogP contribution >= 0.6 is 0 Å². The smallest absolute Gasteiger partial charge is 0.748 e. The Morgan fingerprint density at radius 1 is 1.03 bits per heavy atom. The second-order valence-corrected chi connectivity index (χ2v) is 10.6. The van der Waals surface area contributed by atoms with Gasteiger partial charge in [-0.1, -0.05) is 77.6 Å². The zero-order chi connectivity index (χ0) is 23.9. The van der Waals surface area contributed by atoms with Crippen molar-refractivity contribution in [2.24, 2.45) is 4.99 Å². The van der Waals surface area contributed by atoms with E-state index in [1.165, 1.54) is 57.8 Å². The maximum absolute atomic E-state index is 12.8. The Labute approximate surface area is 222 Å². The summed E-state index contributed by atoms with van der Waals surface area (Å²) in [6, 6.07) is 0. The summed E-state index contributed by atoms with van der Waals surface area (Å²) in [7, 11) is -4.58. The van der Waals surface area contributed by atoms with Gasteiger partial charge in [0.2, 0.25) is 5.78 Å². The maximum atomic E-state index is 12.8. The number of hydrogen-bond donors (Lipinski definition) is 2. The van der Waals surface area contributed by atoms with Gasteiger partial charge in [-0.15, -0.1) is 0 Å². The third-order valence-electron chi connectivity index (χ3n) is 6.23. The quantitative estimate of drug-likeness (QED) is 0.103. The third-order valence-corrected chi connectivity index (χ3v) is 7.02. The van der Waals surface area contributed by atoms with Gasteiger partial charge in [0.25, 0.3) is 5.84 Å². The van der Waals surface area contributed by atoms with Crippen molar-refractivity contribution in [2.45, 2.75) is 96.5 Å². The van der Waals surface area contributed by atoms with E-state index >= 15 is 0 Å². The Morgan fingerprint density at radius 2 is 1.55 bits per heavy atom. The zero-order valence-electron chi connectivity index (χ0n) is 20.8. The number of amidine groups is 1. The maximum Gasteiger partial charge on any atom is 1.00 e. The van der Waals surface area contributed by atoms with Gasteiger partial charge in [0.15, 0.2) is 0 Å². The molecular weight excluding hydrogens is 455 g/mol. The summed E-state index contributed by atoms with van der Waals surface area (Å²) in [5.74, 6) is -0.719. The first-order valence-electron chi connectivity index (χ1n) is 12.4. The number of nitrogens with zero attached hydrogens (tertiary/aromatic N) is 2. The zero-order valence-corrected chi connectivity index (χ0v) is 23.7. The third kappa shape index (κ3) is 14.3. The van der Waals surface area contributed by atoms with Crippen molar-refractivity contribution in [1.29, 1.82) is 0 Å². The summed E-state index contributed by atoms with van der Waals surface area (Å²) in [6.07, 6.45) is 13.5. The average Bonchev–Trinajstić information content (AvgIpc) is 3.10. The average molecular weight is 500 g/mol. The predicted molar refractivity (Wildman–Crippen MR) is 126 cm³/mol. The Hall–Kier alpha value is 0.130. The molecule has 0 bridgehead atoms. The van der Waals surface area contributed by atoms with E-state index in [1.54, 1.807) is 0 Å². The normalized spacial score (nSPS) is 19.2. The van der Waals surface area contributed by atoms with Gasteiger partial charge in [-0.25, -0.2) is 13.4 Å². The van der Waals surface area contributed by atoms with Crippen LogP contribution in [0, 0.1) is 0 Å². The van der Waals surface area contributed by atoms with Crippen LogP contribution in [0.4, 0.5) is 0 Å². The van der Waals surface area contributed by atoms with Gasteiger partial charge in [0, 0.05) is 6.42 Å². The van der Waals surface area contributed by atoms with Crippen molar-refractivity contribution in [2.75, 3.05) is 38.5 Å². The summed E-state index contributed by atoms with van der Waals surface area (Å²) < 4.78 is 32.8. The van der Waals surface area contributed by atoms with Crippen molar-refractivity contribution in [3.05, 3.63) is 0 Å². The molecule has 0 saturated carbocycles. The fourth-order valence-corrected chi connectivity index (χ4v) is 5.14. The molecule has 10 heteroatoms. The Kier molecular flexibility index (Phi) is 18.5. The SMILES string of the molecule is CCCCCCCCCCCCCCC(=O)C1=NCC[N+]1(CCO)CC(O)CS(=O)(=O)[O-].[Na+]. The van der Waals surface area contributed by atoms with Gasteiger partial charge < -0.3 is 14.8 Å². The Balaban J connectivity index is 0.0000102. The van der Waals surface area contributed by atoms with E-state index in [0.717, 1.165) is 19.3 Å². The van der Waals surface area contributed by atoms with Crippen LogP contribution in [0.1, 0.15) is 90.4 Å². The molecule has 2 unspecified atom stereocenters. The van der Waals surface area contributed by atoms with Crippen molar-refractivity contribution in [1.82, 2.24) is 0 Å². The van der Waals surface area contributed by atoms with E-state index in [2.05, 4.69) is 11.9 Å². The summed E-state index contributed by atoms with van der Waals surface area (Å²) in [6.45, 7) is 2.87. The van der Waals surface area contributed by atoms with Gasteiger partial charge in [0.1, 0.15) is 25.7 Å². The number of carbonyl (C=O) groups excluding carboxylic acids is 1. The van der Waals surface area contributed by atoms with Gasteiger partial charge in [0.05, 0.1) is 29.0 Å². The monoisotopic (exact) mass is 499 g/mol. The van der Waals surface area contributed by atoms with E-state index in [4.69, 9.17) is 0 Å². The molecule has 0 spiro atoms. The minimum Gasteiger partial charge on any atom is -0.748 e. The number of ketones is 1. The fourth-order valence-electron chi connectivity index (χ4n) is 4.56. The molecule has 188 valence electrons. The molecule has 0 radical (unpaired) electrons. The van der Waals surface area contributed by atoms with Crippen LogP contribution in [-0.2, 0) is 14.9 Å². The summed E-state index contributed by atoms with van der Waals surface area (Å²) in [5.41, 5.74) is 0. The molecule has 1 heterocycles. The van der Waals surface area contributed by atoms with Crippen LogP contribution in [0.2, 0.25) is 0 Å². The van der Waals surface area contributed by atoms with E-state index in [1.807, 2.05) is 0 Å².